The van der Waals surface area contributed by atoms with E-state index in [0.717, 1.165) is 56.1 Å². The summed E-state index contributed by atoms with van der Waals surface area (Å²) in [4.78, 5) is 15.0. The van der Waals surface area contributed by atoms with Crippen LogP contribution in [0.2, 0.25) is 0 Å². The summed E-state index contributed by atoms with van der Waals surface area (Å²) in [6.07, 6.45) is 3.56. The monoisotopic (exact) mass is 379 g/mol. The van der Waals surface area contributed by atoms with Gasteiger partial charge in [-0.15, -0.1) is 0 Å². The molecule has 2 heterocycles. The van der Waals surface area contributed by atoms with Gasteiger partial charge in [0.2, 0.25) is 0 Å². The number of para-hydroxylation sites is 1. The van der Waals surface area contributed by atoms with Gasteiger partial charge in [-0.05, 0) is 36.5 Å². The highest BCUT2D eigenvalue weighted by molar-refractivity contribution is 5.95. The number of rotatable bonds is 6. The normalized spacial score (nSPS) is 21.4. The lowest BCUT2D eigenvalue weighted by Crippen LogP contribution is -2.52. The highest BCUT2D eigenvalue weighted by Crippen LogP contribution is 2.40. The molecule has 0 aliphatic carbocycles. The molecule has 2 aromatic carbocycles. The molecule has 2 N–H and O–H groups in total. The van der Waals surface area contributed by atoms with Crippen molar-refractivity contribution in [2.24, 2.45) is 0 Å². The smallest absolute Gasteiger partial charge is 0.251 e. The molecular weight excluding hydrogens is 350 g/mol. The second-order valence-electron chi connectivity index (χ2n) is 7.81. The van der Waals surface area contributed by atoms with Crippen molar-refractivity contribution < 1.29 is 10.0 Å². The van der Waals surface area contributed by atoms with E-state index in [1.165, 1.54) is 5.56 Å². The van der Waals surface area contributed by atoms with E-state index < -0.39 is 0 Å². The fraction of sp³-hybridized carbons (Fsp3) is 0.435. The molecule has 0 bridgehead atoms. The van der Waals surface area contributed by atoms with E-state index in [1.54, 1.807) is 0 Å². The summed E-state index contributed by atoms with van der Waals surface area (Å²) in [5, 5.41) is 14.5. The molecule has 4 rings (SSSR count). The van der Waals surface area contributed by atoms with E-state index in [0.29, 0.717) is 18.2 Å². The van der Waals surface area contributed by atoms with Crippen LogP contribution in [0.4, 0.5) is 5.69 Å². The molecule has 1 amide bonds. The van der Waals surface area contributed by atoms with E-state index >= 15 is 0 Å². The molecule has 5 nitrogen and oxygen atoms in total. The van der Waals surface area contributed by atoms with E-state index in [2.05, 4.69) is 46.6 Å². The van der Waals surface area contributed by atoms with Gasteiger partial charge < -0.3 is 5.32 Å². The van der Waals surface area contributed by atoms with Crippen LogP contribution in [0.25, 0.3) is 0 Å². The number of hydrogen-bond donors (Lipinski definition) is 2. The van der Waals surface area contributed by atoms with Crippen molar-refractivity contribution in [3.63, 3.8) is 0 Å². The van der Waals surface area contributed by atoms with Crippen molar-refractivity contribution >= 4 is 11.6 Å². The first-order chi connectivity index (χ1) is 13.7. The number of aryl methyl sites for hydroxylation is 1. The first-order valence-corrected chi connectivity index (χ1v) is 10.3. The Morgan fingerprint density at radius 3 is 2.54 bits per heavy atom. The molecule has 2 atom stereocenters. The third-order valence-electron chi connectivity index (χ3n) is 6.09. The largest absolute Gasteiger partial charge is 0.314 e. The fourth-order valence-corrected chi connectivity index (χ4v) is 4.67. The van der Waals surface area contributed by atoms with Crippen molar-refractivity contribution in [3.8, 4) is 0 Å². The first-order valence-electron chi connectivity index (χ1n) is 10.3. The number of nitrogens with zero attached hydrogens (tertiary/aromatic N) is 2. The summed E-state index contributed by atoms with van der Waals surface area (Å²) in [7, 11) is 0. The minimum atomic E-state index is -0.202. The number of nitrogens with one attached hydrogen (secondary N) is 1. The predicted molar refractivity (Wildman–Crippen MR) is 111 cm³/mol. The highest BCUT2D eigenvalue weighted by atomic mass is 16.5. The minimum Gasteiger partial charge on any atom is -0.314 e. The number of anilines is 1. The van der Waals surface area contributed by atoms with Crippen molar-refractivity contribution in [1.29, 1.82) is 0 Å². The van der Waals surface area contributed by atoms with E-state index in [1.807, 2.05) is 18.2 Å². The van der Waals surface area contributed by atoms with Gasteiger partial charge >= 0.3 is 0 Å². The lowest BCUT2D eigenvalue weighted by Gasteiger charge is -2.42. The average Bonchev–Trinajstić information content (AvgIpc) is 2.75. The van der Waals surface area contributed by atoms with Gasteiger partial charge in [-0.1, -0.05) is 48.5 Å². The van der Waals surface area contributed by atoms with Crippen LogP contribution in [0.1, 0.15) is 36.3 Å². The Kier molecular flexibility index (Phi) is 6.05. The van der Waals surface area contributed by atoms with Gasteiger partial charge in [0, 0.05) is 44.6 Å². The van der Waals surface area contributed by atoms with Crippen LogP contribution < -0.4 is 10.4 Å². The number of fused-ring (bicyclic) bond motifs is 1. The maximum absolute atomic E-state index is 12.5. The summed E-state index contributed by atoms with van der Waals surface area (Å²) < 4.78 is 0. The number of hydroxylamine groups is 1. The zero-order valence-electron chi connectivity index (χ0n) is 16.3. The van der Waals surface area contributed by atoms with Crippen molar-refractivity contribution in [2.75, 3.05) is 31.2 Å². The van der Waals surface area contributed by atoms with Crippen LogP contribution in [0.5, 0.6) is 0 Å². The number of hydrogen-bond acceptors (Lipinski definition) is 4. The fourth-order valence-electron chi connectivity index (χ4n) is 4.67. The average molecular weight is 380 g/mol. The molecule has 0 aromatic heterocycles. The Morgan fingerprint density at radius 2 is 1.75 bits per heavy atom. The number of carbonyl (C=O) groups excluding carboxylic acids is 1. The third-order valence-corrected chi connectivity index (χ3v) is 6.09. The number of piperazine rings is 1. The van der Waals surface area contributed by atoms with Gasteiger partial charge in [-0.3, -0.25) is 14.9 Å². The molecular formula is C23H29N3O2. The van der Waals surface area contributed by atoms with Crippen LogP contribution >= 0.6 is 0 Å². The van der Waals surface area contributed by atoms with Gasteiger partial charge in [0.15, 0.2) is 0 Å². The molecule has 5 heteroatoms. The Labute approximate surface area is 166 Å². The summed E-state index contributed by atoms with van der Waals surface area (Å²) in [5.41, 5.74) is 3.10. The quantitative estimate of drug-likeness (QED) is 0.757. The maximum Gasteiger partial charge on any atom is 0.251 e. The highest BCUT2D eigenvalue weighted by Gasteiger charge is 2.37. The molecule has 148 valence electrons. The maximum atomic E-state index is 12.5. The standard InChI is InChI=1S/C23H29N3O2/c27-23-17-20(19-10-4-5-11-22(19)26(23)28)21(25-15-13-24-14-16-25)12-6-9-18-7-2-1-3-8-18/h1-5,7-8,10-11,20-21,24,28H,6,9,12-17H2. The van der Waals surface area contributed by atoms with E-state index in [4.69, 9.17) is 0 Å². The molecule has 28 heavy (non-hydrogen) atoms. The van der Waals surface area contributed by atoms with Gasteiger partial charge in [0.25, 0.3) is 5.91 Å². The van der Waals surface area contributed by atoms with Gasteiger partial charge in [-0.2, -0.15) is 5.06 Å². The second-order valence-corrected chi connectivity index (χ2v) is 7.81. The lowest BCUT2D eigenvalue weighted by molar-refractivity contribution is -0.125. The second kappa shape index (κ2) is 8.86. The Morgan fingerprint density at radius 1 is 1.04 bits per heavy atom. The first kappa shape index (κ1) is 19.1. The molecule has 2 aliphatic rings. The van der Waals surface area contributed by atoms with Gasteiger partial charge in [-0.25, -0.2) is 0 Å². The zero-order valence-corrected chi connectivity index (χ0v) is 16.3. The van der Waals surface area contributed by atoms with Crippen molar-refractivity contribution in [1.82, 2.24) is 10.2 Å². The van der Waals surface area contributed by atoms with Crippen LogP contribution in [0.3, 0.4) is 0 Å². The summed E-state index contributed by atoms with van der Waals surface area (Å²) in [5.74, 6) is -0.0760. The van der Waals surface area contributed by atoms with Crippen molar-refractivity contribution in [3.05, 3.63) is 65.7 Å². The molecule has 2 aromatic rings. The molecule has 1 saturated heterocycles. The van der Waals surface area contributed by atoms with E-state index in [-0.39, 0.29) is 11.8 Å². The summed E-state index contributed by atoms with van der Waals surface area (Å²) in [6, 6.07) is 18.7. The Balaban J connectivity index is 1.56. The minimum absolute atomic E-state index is 0.126. The molecule has 1 fully saturated rings. The van der Waals surface area contributed by atoms with Crippen LogP contribution in [-0.4, -0.2) is 48.2 Å². The topological polar surface area (TPSA) is 55.8 Å². The Hall–Kier alpha value is -2.21. The number of carbonyl (C=O) groups is 1. The van der Waals surface area contributed by atoms with Gasteiger partial charge in [0.1, 0.15) is 0 Å². The number of benzene rings is 2. The molecule has 0 radical (unpaired) electrons. The molecule has 2 aliphatic heterocycles. The molecule has 0 saturated carbocycles. The van der Waals surface area contributed by atoms with Gasteiger partial charge in [0.05, 0.1) is 5.69 Å². The van der Waals surface area contributed by atoms with Crippen LogP contribution in [0.15, 0.2) is 54.6 Å². The third kappa shape index (κ3) is 4.12. The molecule has 0 spiro atoms. The number of amides is 1. The lowest BCUT2D eigenvalue weighted by atomic mass is 9.81. The van der Waals surface area contributed by atoms with Crippen LogP contribution in [0, 0.1) is 0 Å². The Bertz CT molecular complexity index is 789. The SMILES string of the molecule is O=C1CC(C(CCCc2ccccc2)N2CCNCC2)c2ccccc2N1O. The predicted octanol–water partition coefficient (Wildman–Crippen LogP) is 3.19. The summed E-state index contributed by atoms with van der Waals surface area (Å²) >= 11 is 0. The molecule has 2 unspecified atom stereocenters. The van der Waals surface area contributed by atoms with Crippen molar-refractivity contribution in [2.45, 2.75) is 37.6 Å². The van der Waals surface area contributed by atoms with Crippen LogP contribution in [-0.2, 0) is 11.2 Å². The zero-order chi connectivity index (χ0) is 19.3. The summed E-state index contributed by atoms with van der Waals surface area (Å²) in [6.45, 7) is 3.99. The van der Waals surface area contributed by atoms with E-state index in [9.17, 15) is 10.0 Å².